The summed E-state index contributed by atoms with van der Waals surface area (Å²) < 4.78 is 5.28. The molecule has 7 heteroatoms. The van der Waals surface area contributed by atoms with Gasteiger partial charge in [-0.2, -0.15) is 4.98 Å². The lowest BCUT2D eigenvalue weighted by molar-refractivity contribution is 0.0701. The highest BCUT2D eigenvalue weighted by molar-refractivity contribution is 5.91. The van der Waals surface area contributed by atoms with Gasteiger partial charge in [0.25, 0.3) is 5.91 Å². The van der Waals surface area contributed by atoms with E-state index in [1.54, 1.807) is 17.0 Å². The Bertz CT molecular complexity index is 986. The number of nitrogens with zero attached hydrogens (tertiary/aromatic N) is 5. The first-order valence-corrected chi connectivity index (χ1v) is 9.68. The van der Waals surface area contributed by atoms with Crippen molar-refractivity contribution in [1.29, 1.82) is 0 Å². The van der Waals surface area contributed by atoms with Crippen LogP contribution in [0.5, 0.6) is 0 Å². The predicted molar refractivity (Wildman–Crippen MR) is 112 cm³/mol. The second kappa shape index (κ2) is 7.95. The molecule has 0 radical (unpaired) electrons. The molecule has 0 bridgehead atoms. The molecule has 150 valence electrons. The number of fused-ring (bicyclic) bond motifs is 1. The first-order valence-electron chi connectivity index (χ1n) is 9.68. The number of amides is 1. The zero-order valence-electron chi connectivity index (χ0n) is 17.0. The van der Waals surface area contributed by atoms with E-state index in [1.807, 2.05) is 44.2 Å². The summed E-state index contributed by atoms with van der Waals surface area (Å²) in [7, 11) is 5.94. The molecule has 29 heavy (non-hydrogen) atoms. The number of anilines is 2. The molecule has 1 aromatic carbocycles. The zero-order chi connectivity index (χ0) is 20.4. The molecular formula is C22H25N5O2. The van der Waals surface area contributed by atoms with E-state index in [1.165, 1.54) is 11.8 Å². The fraction of sp³-hybridized carbons (Fsp3) is 0.318. The zero-order valence-corrected chi connectivity index (χ0v) is 17.0. The normalized spacial score (nSPS) is 13.1. The summed E-state index contributed by atoms with van der Waals surface area (Å²) in [4.78, 5) is 28.2. The molecule has 0 atom stereocenters. The number of hydrogen-bond acceptors (Lipinski definition) is 6. The molecule has 0 spiro atoms. The Kier molecular flexibility index (Phi) is 5.20. The minimum absolute atomic E-state index is 0.101. The first kappa shape index (κ1) is 19.0. The SMILES string of the molecule is CN(C)c1nc(N(C)Cc2ccccc2)nc2c1CN(C(=O)c1ccco1)CC2. The van der Waals surface area contributed by atoms with E-state index in [0.29, 0.717) is 31.2 Å². The van der Waals surface area contributed by atoms with Crippen LogP contribution in [0, 0.1) is 0 Å². The van der Waals surface area contributed by atoms with Crippen molar-refractivity contribution in [3.8, 4) is 0 Å². The molecule has 3 aromatic rings. The highest BCUT2D eigenvalue weighted by Crippen LogP contribution is 2.29. The molecule has 0 unspecified atom stereocenters. The van der Waals surface area contributed by atoms with Crippen molar-refractivity contribution in [3.05, 3.63) is 71.3 Å². The molecule has 2 aromatic heterocycles. The predicted octanol–water partition coefficient (Wildman–Crippen LogP) is 2.97. The molecule has 0 saturated heterocycles. The summed E-state index contributed by atoms with van der Waals surface area (Å²) in [6, 6.07) is 13.7. The van der Waals surface area contributed by atoms with E-state index < -0.39 is 0 Å². The van der Waals surface area contributed by atoms with Gasteiger partial charge in [0.1, 0.15) is 5.82 Å². The van der Waals surface area contributed by atoms with Crippen LogP contribution in [0.2, 0.25) is 0 Å². The van der Waals surface area contributed by atoms with Crippen LogP contribution in [-0.4, -0.2) is 48.5 Å². The number of hydrogen-bond donors (Lipinski definition) is 0. The lowest BCUT2D eigenvalue weighted by Gasteiger charge is -2.31. The summed E-state index contributed by atoms with van der Waals surface area (Å²) in [5, 5.41) is 0. The van der Waals surface area contributed by atoms with Gasteiger partial charge in [-0.25, -0.2) is 4.98 Å². The Balaban J connectivity index is 1.61. The quantitative estimate of drug-likeness (QED) is 0.666. The van der Waals surface area contributed by atoms with E-state index >= 15 is 0 Å². The Hall–Kier alpha value is -3.35. The highest BCUT2D eigenvalue weighted by atomic mass is 16.3. The number of furan rings is 1. The summed E-state index contributed by atoms with van der Waals surface area (Å²) in [5.74, 6) is 1.81. The second-order valence-electron chi connectivity index (χ2n) is 7.46. The van der Waals surface area contributed by atoms with Crippen LogP contribution in [0.4, 0.5) is 11.8 Å². The molecule has 0 N–H and O–H groups in total. The molecule has 1 aliphatic heterocycles. The standard InChI is InChI=1S/C22H25N5O2/c1-25(2)20-17-15-27(21(28)19-10-7-13-29-19)12-11-18(17)23-22(24-20)26(3)14-16-8-5-4-6-9-16/h4-10,13H,11-12,14-15H2,1-3H3. The van der Waals surface area contributed by atoms with Gasteiger partial charge in [0.2, 0.25) is 5.95 Å². The molecule has 0 aliphatic carbocycles. The molecule has 0 saturated carbocycles. The van der Waals surface area contributed by atoms with Gasteiger partial charge in [0, 0.05) is 46.2 Å². The fourth-order valence-corrected chi connectivity index (χ4v) is 3.58. The monoisotopic (exact) mass is 391 g/mol. The van der Waals surface area contributed by atoms with Crippen molar-refractivity contribution >= 4 is 17.7 Å². The molecular weight excluding hydrogens is 366 g/mol. The number of carbonyl (C=O) groups is 1. The minimum atomic E-state index is -0.101. The number of rotatable bonds is 5. The summed E-state index contributed by atoms with van der Waals surface area (Å²) >= 11 is 0. The summed E-state index contributed by atoms with van der Waals surface area (Å²) in [6.45, 7) is 1.82. The van der Waals surface area contributed by atoms with Crippen LogP contribution < -0.4 is 9.80 Å². The van der Waals surface area contributed by atoms with Crippen LogP contribution in [0.25, 0.3) is 0 Å². The third-order valence-corrected chi connectivity index (χ3v) is 5.07. The fourth-order valence-electron chi connectivity index (χ4n) is 3.58. The van der Waals surface area contributed by atoms with E-state index in [4.69, 9.17) is 14.4 Å². The van der Waals surface area contributed by atoms with Gasteiger partial charge in [-0.1, -0.05) is 30.3 Å². The van der Waals surface area contributed by atoms with Crippen molar-refractivity contribution in [2.45, 2.75) is 19.5 Å². The highest BCUT2D eigenvalue weighted by Gasteiger charge is 2.28. The second-order valence-corrected chi connectivity index (χ2v) is 7.46. The number of benzene rings is 1. The lowest BCUT2D eigenvalue weighted by Crippen LogP contribution is -2.37. The molecule has 3 heterocycles. The molecule has 1 amide bonds. The van der Waals surface area contributed by atoms with E-state index in [9.17, 15) is 4.79 Å². The number of aromatic nitrogens is 2. The Labute approximate surface area is 170 Å². The van der Waals surface area contributed by atoms with Gasteiger partial charge >= 0.3 is 0 Å². The van der Waals surface area contributed by atoms with Gasteiger partial charge in [-0.15, -0.1) is 0 Å². The molecule has 7 nitrogen and oxygen atoms in total. The third-order valence-electron chi connectivity index (χ3n) is 5.07. The van der Waals surface area contributed by atoms with Gasteiger partial charge in [-0.3, -0.25) is 4.79 Å². The Morgan fingerprint density at radius 3 is 2.59 bits per heavy atom. The maximum Gasteiger partial charge on any atom is 0.289 e. The van der Waals surface area contributed by atoms with Crippen molar-refractivity contribution in [2.24, 2.45) is 0 Å². The van der Waals surface area contributed by atoms with E-state index in [0.717, 1.165) is 23.6 Å². The average molecular weight is 391 g/mol. The van der Waals surface area contributed by atoms with Crippen LogP contribution in [0.1, 0.15) is 27.4 Å². The van der Waals surface area contributed by atoms with Crippen LogP contribution in [-0.2, 0) is 19.5 Å². The van der Waals surface area contributed by atoms with Crippen LogP contribution >= 0.6 is 0 Å². The first-order chi connectivity index (χ1) is 14.0. The third kappa shape index (κ3) is 3.94. The summed E-state index contributed by atoms with van der Waals surface area (Å²) in [6.07, 6.45) is 2.21. The molecule has 0 fully saturated rings. The van der Waals surface area contributed by atoms with Gasteiger partial charge < -0.3 is 19.1 Å². The maximum atomic E-state index is 12.7. The Morgan fingerprint density at radius 2 is 1.90 bits per heavy atom. The van der Waals surface area contributed by atoms with Crippen molar-refractivity contribution in [1.82, 2.24) is 14.9 Å². The van der Waals surface area contributed by atoms with Crippen molar-refractivity contribution < 1.29 is 9.21 Å². The number of carbonyl (C=O) groups excluding carboxylic acids is 1. The van der Waals surface area contributed by atoms with Gasteiger partial charge in [0.15, 0.2) is 5.76 Å². The van der Waals surface area contributed by atoms with E-state index in [2.05, 4.69) is 17.0 Å². The largest absolute Gasteiger partial charge is 0.459 e. The minimum Gasteiger partial charge on any atom is -0.459 e. The average Bonchev–Trinajstić information content (AvgIpc) is 3.27. The van der Waals surface area contributed by atoms with Gasteiger partial charge in [0.05, 0.1) is 18.5 Å². The molecule has 4 rings (SSSR count). The van der Waals surface area contributed by atoms with Crippen LogP contribution in [0.3, 0.4) is 0 Å². The summed E-state index contributed by atoms with van der Waals surface area (Å²) in [5.41, 5.74) is 3.21. The topological polar surface area (TPSA) is 65.7 Å². The van der Waals surface area contributed by atoms with Crippen molar-refractivity contribution in [3.63, 3.8) is 0 Å². The van der Waals surface area contributed by atoms with E-state index in [-0.39, 0.29) is 5.91 Å². The Morgan fingerprint density at radius 1 is 1.10 bits per heavy atom. The smallest absolute Gasteiger partial charge is 0.289 e. The van der Waals surface area contributed by atoms with Crippen LogP contribution in [0.15, 0.2) is 53.1 Å². The lowest BCUT2D eigenvalue weighted by atomic mass is 10.1. The van der Waals surface area contributed by atoms with Gasteiger partial charge in [-0.05, 0) is 17.7 Å². The van der Waals surface area contributed by atoms with Crippen molar-refractivity contribution in [2.75, 3.05) is 37.5 Å². The maximum absolute atomic E-state index is 12.7. The molecule has 1 aliphatic rings.